The Labute approximate surface area is 251 Å². The fraction of sp³-hybridized carbons (Fsp3) is 0.529. The lowest BCUT2D eigenvalue weighted by Crippen LogP contribution is -2.66. The average Bonchev–Trinajstić information content (AvgIpc) is 3.38. The highest BCUT2D eigenvalue weighted by molar-refractivity contribution is 5.91. The summed E-state index contributed by atoms with van der Waals surface area (Å²) in [5.74, 6) is -0.435. The van der Waals surface area contributed by atoms with Crippen molar-refractivity contribution in [2.45, 2.75) is 78.1 Å². The van der Waals surface area contributed by atoms with Crippen LogP contribution in [0.25, 0.3) is 11.0 Å². The van der Waals surface area contributed by atoms with Crippen LogP contribution in [0.5, 0.6) is 11.5 Å². The molecule has 230 valence electrons. The first-order valence-electron chi connectivity index (χ1n) is 15.6. The van der Waals surface area contributed by atoms with Crippen molar-refractivity contribution in [2.75, 3.05) is 25.4 Å². The van der Waals surface area contributed by atoms with Crippen molar-refractivity contribution >= 4 is 22.7 Å². The van der Waals surface area contributed by atoms with Crippen LogP contribution in [0.2, 0.25) is 0 Å². The summed E-state index contributed by atoms with van der Waals surface area (Å²) >= 11 is 0. The smallest absolute Gasteiger partial charge is 0.339 e. The van der Waals surface area contributed by atoms with E-state index in [1.165, 1.54) is 62.9 Å². The molecule has 5 aliphatic carbocycles. The second kappa shape index (κ2) is 11.2. The number of nitrogen functional groups attached to an aromatic ring is 1. The van der Waals surface area contributed by atoms with Gasteiger partial charge >= 0.3 is 5.97 Å². The van der Waals surface area contributed by atoms with Gasteiger partial charge in [-0.05, 0) is 99.6 Å². The third kappa shape index (κ3) is 5.41. The number of benzene rings is 1. The van der Waals surface area contributed by atoms with Gasteiger partial charge < -0.3 is 20.6 Å². The Balaban J connectivity index is 0.000000155. The fourth-order valence-electron chi connectivity index (χ4n) is 8.03. The minimum Gasteiger partial charge on any atom is -0.478 e. The van der Waals surface area contributed by atoms with E-state index < -0.39 is 17.8 Å². The zero-order valence-corrected chi connectivity index (χ0v) is 25.1. The van der Waals surface area contributed by atoms with Crippen LogP contribution in [0.4, 0.5) is 14.5 Å². The van der Waals surface area contributed by atoms with Gasteiger partial charge in [0.15, 0.2) is 0 Å². The number of carboxylic acids is 1. The van der Waals surface area contributed by atoms with Crippen LogP contribution < -0.4 is 10.5 Å². The Hall–Kier alpha value is -3.46. The number of halogens is 2. The molecule has 0 saturated heterocycles. The SMILES string of the molecule is CCN(CC)CC1=C(C23CC(C(F)F)(C2)C3)CC2(CCC2)CC1.Nc1ccc(C(=O)O)c(Oc2cnc3[nH]ccc3c2)c1. The molecule has 0 unspecified atom stereocenters. The van der Waals surface area contributed by atoms with Crippen molar-refractivity contribution in [1.29, 1.82) is 0 Å². The lowest BCUT2D eigenvalue weighted by molar-refractivity contribution is -0.250. The van der Waals surface area contributed by atoms with Gasteiger partial charge in [-0.25, -0.2) is 18.6 Å². The number of carboxylic acid groups (broad SMARTS) is 1. The van der Waals surface area contributed by atoms with E-state index in [0.717, 1.165) is 49.9 Å². The van der Waals surface area contributed by atoms with E-state index in [2.05, 4.69) is 28.7 Å². The second-order valence-electron chi connectivity index (χ2n) is 13.3. The van der Waals surface area contributed by atoms with Crippen LogP contribution >= 0.6 is 0 Å². The highest BCUT2D eigenvalue weighted by Gasteiger charge is 2.73. The van der Waals surface area contributed by atoms with Gasteiger partial charge in [0, 0.05) is 35.3 Å². The zero-order valence-electron chi connectivity index (χ0n) is 25.1. The van der Waals surface area contributed by atoms with E-state index in [1.807, 2.05) is 6.07 Å². The van der Waals surface area contributed by atoms with Gasteiger partial charge in [-0.15, -0.1) is 0 Å². The molecule has 4 fully saturated rings. The Morgan fingerprint density at radius 2 is 1.88 bits per heavy atom. The summed E-state index contributed by atoms with van der Waals surface area (Å²) in [6, 6.07) is 8.03. The van der Waals surface area contributed by atoms with Crippen molar-refractivity contribution in [1.82, 2.24) is 14.9 Å². The van der Waals surface area contributed by atoms with E-state index in [9.17, 15) is 13.6 Å². The summed E-state index contributed by atoms with van der Waals surface area (Å²) in [7, 11) is 0. The van der Waals surface area contributed by atoms with Crippen molar-refractivity contribution in [3.8, 4) is 11.5 Å². The summed E-state index contributed by atoms with van der Waals surface area (Å²) in [5.41, 5.74) is 10.3. The monoisotopic (exact) mass is 592 g/mol. The Bertz CT molecular complexity index is 1520. The summed E-state index contributed by atoms with van der Waals surface area (Å²) in [6.45, 7) is 7.72. The summed E-state index contributed by atoms with van der Waals surface area (Å²) in [5, 5.41) is 10.0. The number of aromatic amines is 1. The molecule has 9 heteroatoms. The molecule has 0 aliphatic heterocycles. The van der Waals surface area contributed by atoms with Crippen LogP contribution in [0, 0.1) is 16.2 Å². The number of H-pyrrole nitrogens is 1. The number of carbonyl (C=O) groups is 1. The number of hydrogen-bond donors (Lipinski definition) is 3. The first kappa shape index (κ1) is 29.6. The van der Waals surface area contributed by atoms with E-state index in [4.69, 9.17) is 15.6 Å². The quantitative estimate of drug-likeness (QED) is 0.172. The van der Waals surface area contributed by atoms with E-state index in [0.29, 0.717) is 16.9 Å². The van der Waals surface area contributed by atoms with Crippen LogP contribution in [-0.2, 0) is 0 Å². The Morgan fingerprint density at radius 3 is 2.51 bits per heavy atom. The number of aromatic nitrogens is 2. The molecule has 2 aromatic heterocycles. The number of nitrogens with zero attached hydrogens (tertiary/aromatic N) is 2. The molecule has 2 heterocycles. The number of ether oxygens (including phenoxy) is 1. The highest BCUT2D eigenvalue weighted by atomic mass is 19.3. The molecule has 0 amide bonds. The first-order valence-corrected chi connectivity index (χ1v) is 15.6. The largest absolute Gasteiger partial charge is 0.478 e. The average molecular weight is 593 g/mol. The number of pyridine rings is 1. The molecule has 0 radical (unpaired) electrons. The number of rotatable bonds is 9. The van der Waals surface area contributed by atoms with Crippen molar-refractivity contribution in [3.05, 3.63) is 59.4 Å². The van der Waals surface area contributed by atoms with E-state index >= 15 is 0 Å². The van der Waals surface area contributed by atoms with Crippen LogP contribution in [0.3, 0.4) is 0 Å². The van der Waals surface area contributed by atoms with Crippen LogP contribution in [0.1, 0.15) is 82.0 Å². The standard InChI is InChI=1S/C20H31F2N.C14H11N3O3/c1-3-23(4-2)11-15-6-9-18(7-5-8-18)10-16(15)19-12-20(13-19,14-19)17(21)22;15-9-1-2-11(14(18)19)12(6-9)20-10-5-8-3-4-16-13(8)17-7-10/h17H,3-14H2,1-2H3;1-7H,15H2,(H,16,17)(H,18,19). The molecular weight excluding hydrogens is 550 g/mol. The molecule has 2 bridgehead atoms. The number of nitrogens with two attached hydrogens (primary N) is 1. The summed E-state index contributed by atoms with van der Waals surface area (Å²) in [6.07, 6.45) is 11.5. The second-order valence-corrected chi connectivity index (χ2v) is 13.3. The maximum Gasteiger partial charge on any atom is 0.339 e. The number of anilines is 1. The molecule has 7 nitrogen and oxygen atoms in total. The normalized spacial score (nSPS) is 25.2. The third-order valence-electron chi connectivity index (χ3n) is 10.7. The van der Waals surface area contributed by atoms with Gasteiger partial charge in [-0.1, -0.05) is 31.4 Å². The van der Waals surface area contributed by atoms with Gasteiger partial charge in [-0.3, -0.25) is 4.90 Å². The van der Waals surface area contributed by atoms with Crippen molar-refractivity contribution in [3.63, 3.8) is 0 Å². The van der Waals surface area contributed by atoms with Gasteiger partial charge in [0.25, 0.3) is 0 Å². The van der Waals surface area contributed by atoms with E-state index in [-0.39, 0.29) is 16.7 Å². The minimum absolute atomic E-state index is 0.0494. The molecule has 8 rings (SSSR count). The number of nitrogens with one attached hydrogen (secondary N) is 1. The third-order valence-corrected chi connectivity index (χ3v) is 10.7. The van der Waals surface area contributed by atoms with Gasteiger partial charge in [-0.2, -0.15) is 0 Å². The zero-order chi connectivity index (χ0) is 30.4. The molecule has 43 heavy (non-hydrogen) atoms. The van der Waals surface area contributed by atoms with Crippen LogP contribution in [-0.4, -0.2) is 52.0 Å². The molecule has 4 N–H and O–H groups in total. The number of aromatic carboxylic acids is 1. The molecule has 5 aliphatic rings. The highest BCUT2D eigenvalue weighted by Crippen LogP contribution is 2.80. The van der Waals surface area contributed by atoms with E-state index in [1.54, 1.807) is 23.4 Å². The maximum atomic E-state index is 13.3. The Morgan fingerprint density at radius 1 is 1.14 bits per heavy atom. The maximum absolute atomic E-state index is 13.3. The molecule has 3 aromatic rings. The number of fused-ring (bicyclic) bond motifs is 1. The number of alkyl halides is 2. The van der Waals surface area contributed by atoms with Crippen molar-refractivity contribution < 1.29 is 23.4 Å². The number of likely N-dealkylation sites (N-methyl/N-ethyl adjacent to an activating group) is 1. The lowest BCUT2D eigenvalue weighted by atomic mass is 9.31. The predicted octanol–water partition coefficient (Wildman–Crippen LogP) is 8.05. The minimum atomic E-state index is -2.10. The van der Waals surface area contributed by atoms with Crippen LogP contribution in [0.15, 0.2) is 53.9 Å². The van der Waals surface area contributed by atoms with Crippen molar-refractivity contribution in [2.24, 2.45) is 16.2 Å². The summed E-state index contributed by atoms with van der Waals surface area (Å²) in [4.78, 5) is 20.8. The number of allylic oxidation sites excluding steroid dienone is 1. The molecule has 1 spiro atoms. The molecule has 1 aromatic carbocycles. The van der Waals surface area contributed by atoms with Gasteiger partial charge in [0.2, 0.25) is 6.43 Å². The predicted molar refractivity (Wildman–Crippen MR) is 164 cm³/mol. The topological polar surface area (TPSA) is 104 Å². The summed E-state index contributed by atoms with van der Waals surface area (Å²) < 4.78 is 32.1. The lowest BCUT2D eigenvalue weighted by Gasteiger charge is -2.72. The molecule has 4 saturated carbocycles. The number of hydrogen-bond acceptors (Lipinski definition) is 5. The van der Waals surface area contributed by atoms with Gasteiger partial charge in [0.1, 0.15) is 22.7 Å². The molecule has 0 atom stereocenters. The van der Waals surface area contributed by atoms with Gasteiger partial charge in [0.05, 0.1) is 6.20 Å². The fourth-order valence-corrected chi connectivity index (χ4v) is 8.03. The molecular formula is C34H42F2N4O3. The first-order chi connectivity index (χ1) is 20.6. The Kier molecular flexibility index (Phi) is 7.73.